The lowest BCUT2D eigenvalue weighted by Crippen LogP contribution is -2.49. The smallest absolute Gasteiger partial charge is 0.344 e. The van der Waals surface area contributed by atoms with E-state index in [1.807, 2.05) is 18.2 Å². The Morgan fingerprint density at radius 1 is 1.22 bits per heavy atom. The molecule has 2 aliphatic heterocycles. The number of carboxylic acid groups (broad SMARTS) is 1. The molecule has 4 rings (SSSR count). The van der Waals surface area contributed by atoms with Gasteiger partial charge in [-0.05, 0) is 42.8 Å². The Labute approximate surface area is 214 Å². The molecule has 0 bridgehead atoms. The average molecular weight is 519 g/mol. The summed E-state index contributed by atoms with van der Waals surface area (Å²) in [4.78, 5) is 24.8. The summed E-state index contributed by atoms with van der Waals surface area (Å²) in [5, 5.41) is 23.1. The van der Waals surface area contributed by atoms with Crippen molar-refractivity contribution < 1.29 is 34.0 Å². The van der Waals surface area contributed by atoms with E-state index in [4.69, 9.17) is 30.9 Å². The molecule has 36 heavy (non-hydrogen) atoms. The second kappa shape index (κ2) is 10.9. The van der Waals surface area contributed by atoms with E-state index in [9.17, 15) is 14.7 Å². The first-order valence-electron chi connectivity index (χ1n) is 11.9. The molecule has 2 heterocycles. The number of anilines is 1. The van der Waals surface area contributed by atoms with Crippen LogP contribution < -0.4 is 19.5 Å². The highest BCUT2D eigenvalue weighted by Crippen LogP contribution is 2.42. The number of amides is 1. The van der Waals surface area contributed by atoms with Crippen LogP contribution in [-0.2, 0) is 16.0 Å². The van der Waals surface area contributed by atoms with Crippen LogP contribution in [0, 0.1) is 0 Å². The van der Waals surface area contributed by atoms with Crippen LogP contribution in [0.25, 0.3) is 0 Å². The fraction of sp³-hybridized carbons (Fsp3) is 0.462. The van der Waals surface area contributed by atoms with E-state index in [-0.39, 0.29) is 29.6 Å². The van der Waals surface area contributed by atoms with Crippen LogP contribution >= 0.6 is 11.6 Å². The van der Waals surface area contributed by atoms with Gasteiger partial charge in [0.15, 0.2) is 6.10 Å². The molecule has 0 radical (unpaired) electrons. The quantitative estimate of drug-likeness (QED) is 0.462. The number of ether oxygens (including phenoxy) is 3. The highest BCUT2D eigenvalue weighted by molar-refractivity contribution is 6.30. The maximum Gasteiger partial charge on any atom is 0.344 e. The molecular formula is C26H31ClN2O7. The third kappa shape index (κ3) is 6.40. The number of nitrogens with zero attached hydrogens (tertiary/aromatic N) is 1. The van der Waals surface area contributed by atoms with E-state index in [1.54, 1.807) is 12.1 Å². The summed E-state index contributed by atoms with van der Waals surface area (Å²) in [6.45, 7) is 4.78. The largest absolute Gasteiger partial charge is 0.489 e. The van der Waals surface area contributed by atoms with E-state index < -0.39 is 18.2 Å². The second-order valence-corrected chi connectivity index (χ2v) is 9.85. The molecule has 1 fully saturated rings. The van der Waals surface area contributed by atoms with E-state index in [0.717, 1.165) is 43.7 Å². The number of hydrogen-bond acceptors (Lipinski definition) is 7. The number of aliphatic hydroxyl groups excluding tert-OH is 1. The number of nitrogens with one attached hydrogen (secondary N) is 1. The molecule has 2 atom stereocenters. The lowest BCUT2D eigenvalue weighted by molar-refractivity contribution is -0.144. The van der Waals surface area contributed by atoms with Crippen LogP contribution in [-0.4, -0.2) is 71.0 Å². The topological polar surface area (TPSA) is 118 Å². The number of hydrogen-bond donors (Lipinski definition) is 3. The first-order valence-corrected chi connectivity index (χ1v) is 12.3. The van der Waals surface area contributed by atoms with Crippen LogP contribution in [0.5, 0.6) is 17.2 Å². The maximum absolute atomic E-state index is 11.6. The molecule has 1 spiro atoms. The van der Waals surface area contributed by atoms with Gasteiger partial charge in [-0.25, -0.2) is 4.79 Å². The number of aliphatic carboxylic acids is 1. The number of piperidine rings is 1. The summed E-state index contributed by atoms with van der Waals surface area (Å²) in [5.74, 6) is 0.0863. The van der Waals surface area contributed by atoms with E-state index in [2.05, 4.69) is 10.2 Å². The summed E-state index contributed by atoms with van der Waals surface area (Å²) < 4.78 is 17.5. The van der Waals surface area contributed by atoms with Gasteiger partial charge in [0.05, 0.1) is 5.69 Å². The van der Waals surface area contributed by atoms with Crippen molar-refractivity contribution in [2.24, 2.45) is 0 Å². The number of carboxylic acids is 1. The molecule has 3 N–H and O–H groups in total. The van der Waals surface area contributed by atoms with Crippen LogP contribution in [0.1, 0.15) is 32.3 Å². The highest BCUT2D eigenvalue weighted by atomic mass is 35.5. The van der Waals surface area contributed by atoms with Gasteiger partial charge in [0, 0.05) is 56.9 Å². The van der Waals surface area contributed by atoms with Crippen molar-refractivity contribution in [3.8, 4) is 17.2 Å². The van der Waals surface area contributed by atoms with E-state index in [0.29, 0.717) is 17.3 Å². The van der Waals surface area contributed by atoms with Gasteiger partial charge in [-0.1, -0.05) is 11.6 Å². The molecule has 0 saturated carbocycles. The normalized spacial score (nSPS) is 18.1. The molecule has 0 aromatic heterocycles. The lowest BCUT2D eigenvalue weighted by Gasteiger charge is -2.39. The number of carbonyl (C=O) groups is 2. The Bertz CT molecular complexity index is 1120. The average Bonchev–Trinajstić information content (AvgIpc) is 3.17. The second-order valence-electron chi connectivity index (χ2n) is 9.42. The highest BCUT2D eigenvalue weighted by Gasteiger charge is 2.42. The molecule has 10 heteroatoms. The van der Waals surface area contributed by atoms with Gasteiger partial charge < -0.3 is 34.6 Å². The minimum absolute atomic E-state index is 0.00734. The molecule has 2 aliphatic rings. The Balaban J connectivity index is 1.30. The molecular weight excluding hydrogens is 488 g/mol. The first-order chi connectivity index (χ1) is 17.1. The van der Waals surface area contributed by atoms with Gasteiger partial charge >= 0.3 is 5.97 Å². The Morgan fingerprint density at radius 2 is 1.97 bits per heavy atom. The third-order valence-electron chi connectivity index (χ3n) is 6.45. The summed E-state index contributed by atoms with van der Waals surface area (Å²) in [6.07, 6.45) is 0.715. The van der Waals surface area contributed by atoms with Gasteiger partial charge in [-0.3, -0.25) is 4.79 Å². The number of fused-ring (bicyclic) bond motifs is 1. The number of carbonyl (C=O) groups excluding carboxylic acids is 1. The van der Waals surface area contributed by atoms with E-state index >= 15 is 0 Å². The van der Waals surface area contributed by atoms with Crippen molar-refractivity contribution in [3.63, 3.8) is 0 Å². The predicted octanol–water partition coefficient (Wildman–Crippen LogP) is 3.36. The SMILES string of the molecule is CC(=O)Nc1ccc(OC(C)C(=O)O)cc1OC[C@@H](O)CN1CCC2(CC1)Cc1cc(Cl)ccc1O2. The van der Waals surface area contributed by atoms with Crippen LogP contribution in [0.15, 0.2) is 36.4 Å². The molecule has 1 amide bonds. The number of halogens is 1. The van der Waals surface area contributed by atoms with Gasteiger partial charge in [-0.15, -0.1) is 0 Å². The fourth-order valence-corrected chi connectivity index (χ4v) is 4.80. The Morgan fingerprint density at radius 3 is 2.67 bits per heavy atom. The van der Waals surface area contributed by atoms with Crippen LogP contribution in [0.2, 0.25) is 5.02 Å². The summed E-state index contributed by atoms with van der Waals surface area (Å²) in [7, 11) is 0. The molecule has 1 saturated heterocycles. The molecule has 2 aromatic rings. The minimum atomic E-state index is -1.10. The number of likely N-dealkylation sites (tertiary alicyclic amines) is 1. The monoisotopic (exact) mass is 518 g/mol. The lowest BCUT2D eigenvalue weighted by atomic mass is 9.87. The summed E-state index contributed by atoms with van der Waals surface area (Å²) in [5.41, 5.74) is 1.33. The summed E-state index contributed by atoms with van der Waals surface area (Å²) >= 11 is 6.13. The zero-order valence-corrected chi connectivity index (χ0v) is 21.1. The predicted molar refractivity (Wildman–Crippen MR) is 134 cm³/mol. The molecule has 194 valence electrons. The number of rotatable bonds is 9. The zero-order chi connectivity index (χ0) is 25.9. The maximum atomic E-state index is 11.6. The van der Waals surface area contributed by atoms with Gasteiger partial charge in [0.2, 0.25) is 5.91 Å². The standard InChI is InChI=1S/C26H31ClN2O7/c1-16(25(32)33)35-21-4-5-22(28-17(2)30)24(12-21)34-15-20(31)14-29-9-7-26(8-10-29)13-18-11-19(27)3-6-23(18)36-26/h3-6,11-12,16,20,31H,7-10,13-15H2,1-2H3,(H,28,30)(H,32,33)/t16?,20-/m0/s1. The van der Waals surface area contributed by atoms with Crippen LogP contribution in [0.4, 0.5) is 5.69 Å². The number of benzene rings is 2. The molecule has 2 aromatic carbocycles. The summed E-state index contributed by atoms with van der Waals surface area (Å²) in [6, 6.07) is 10.4. The van der Waals surface area contributed by atoms with Crippen molar-refractivity contribution in [3.05, 3.63) is 47.0 Å². The Kier molecular flexibility index (Phi) is 7.92. The molecule has 9 nitrogen and oxygen atoms in total. The minimum Gasteiger partial charge on any atom is -0.489 e. The van der Waals surface area contributed by atoms with Crippen molar-refractivity contribution in [2.45, 2.75) is 50.9 Å². The Hall–Kier alpha value is -3.01. The van der Waals surface area contributed by atoms with Gasteiger partial charge in [-0.2, -0.15) is 0 Å². The first kappa shape index (κ1) is 26.1. The van der Waals surface area contributed by atoms with E-state index in [1.165, 1.54) is 19.9 Å². The van der Waals surface area contributed by atoms with Gasteiger partial charge in [0.25, 0.3) is 0 Å². The van der Waals surface area contributed by atoms with Crippen molar-refractivity contribution in [1.29, 1.82) is 0 Å². The van der Waals surface area contributed by atoms with Gasteiger partial charge in [0.1, 0.15) is 35.6 Å². The fourth-order valence-electron chi connectivity index (χ4n) is 4.60. The third-order valence-corrected chi connectivity index (χ3v) is 6.69. The van der Waals surface area contributed by atoms with Crippen molar-refractivity contribution in [2.75, 3.05) is 31.6 Å². The zero-order valence-electron chi connectivity index (χ0n) is 20.3. The van der Waals surface area contributed by atoms with Crippen molar-refractivity contribution in [1.82, 2.24) is 4.90 Å². The van der Waals surface area contributed by atoms with Crippen molar-refractivity contribution >= 4 is 29.2 Å². The number of aliphatic hydroxyl groups is 1. The van der Waals surface area contributed by atoms with Crippen LogP contribution in [0.3, 0.4) is 0 Å². The molecule has 1 unspecified atom stereocenters. The molecule has 0 aliphatic carbocycles. The number of β-amino-alcohol motifs (C(OH)–C–C–N with tert-alkyl or cyclic N) is 1.